The van der Waals surface area contributed by atoms with E-state index in [1.807, 2.05) is 0 Å². The zero-order valence-corrected chi connectivity index (χ0v) is 10.4. The summed E-state index contributed by atoms with van der Waals surface area (Å²) in [7, 11) is 0. The van der Waals surface area contributed by atoms with E-state index in [1.165, 1.54) is 12.1 Å². The molecule has 0 saturated carbocycles. The Morgan fingerprint density at radius 3 is 2.81 bits per heavy atom. The lowest BCUT2D eigenvalue weighted by Gasteiger charge is -2.06. The summed E-state index contributed by atoms with van der Waals surface area (Å²) in [6, 6.07) is 4.63. The minimum atomic E-state index is -4.69. The molecule has 0 saturated heterocycles. The summed E-state index contributed by atoms with van der Waals surface area (Å²) in [5.41, 5.74) is 1.02. The van der Waals surface area contributed by atoms with Crippen molar-refractivity contribution in [1.29, 1.82) is 0 Å². The molecule has 2 aromatic rings. The third kappa shape index (κ3) is 2.67. The number of ether oxygens (including phenoxy) is 1. The molecule has 1 aromatic carbocycles. The van der Waals surface area contributed by atoms with E-state index >= 15 is 0 Å². The van der Waals surface area contributed by atoms with Crippen molar-refractivity contribution in [2.75, 3.05) is 6.61 Å². The molecular weight excluding hydrogens is 291 g/mol. The lowest BCUT2D eigenvalue weighted by Crippen LogP contribution is -2.25. The summed E-state index contributed by atoms with van der Waals surface area (Å²) in [6.07, 6.45) is -4.69. The number of nitrogens with one attached hydrogen (secondary N) is 1. The van der Waals surface area contributed by atoms with Crippen molar-refractivity contribution in [3.8, 4) is 17.1 Å². The number of hydrogen-bond donors (Lipinski definition) is 1. The smallest absolute Gasteiger partial charge is 0.471 e. The first-order chi connectivity index (χ1) is 9.93. The highest BCUT2D eigenvalue weighted by molar-refractivity contribution is 5.78. The van der Waals surface area contributed by atoms with Gasteiger partial charge in [-0.15, -0.1) is 0 Å². The van der Waals surface area contributed by atoms with Gasteiger partial charge in [0.25, 0.3) is 5.91 Å². The Bertz CT molecular complexity index is 697. The lowest BCUT2D eigenvalue weighted by atomic mass is 10.1. The van der Waals surface area contributed by atoms with Crippen LogP contribution >= 0.6 is 0 Å². The molecule has 1 amide bonds. The van der Waals surface area contributed by atoms with Gasteiger partial charge in [0, 0.05) is 17.7 Å². The van der Waals surface area contributed by atoms with Crippen molar-refractivity contribution in [3.63, 3.8) is 0 Å². The van der Waals surface area contributed by atoms with Gasteiger partial charge in [-0.25, -0.2) is 0 Å². The number of hydrogen-bond acceptors (Lipinski definition) is 5. The van der Waals surface area contributed by atoms with E-state index in [0.29, 0.717) is 16.9 Å². The molecule has 1 aromatic heterocycles. The van der Waals surface area contributed by atoms with Crippen molar-refractivity contribution in [2.45, 2.75) is 12.7 Å². The monoisotopic (exact) mass is 299 g/mol. The highest BCUT2D eigenvalue weighted by atomic mass is 19.4. The predicted octanol–water partition coefficient (Wildman–Crippen LogP) is 1.76. The second kappa shape index (κ2) is 4.76. The van der Waals surface area contributed by atoms with E-state index < -0.39 is 12.1 Å². The minimum absolute atomic E-state index is 0.156. The predicted molar refractivity (Wildman–Crippen MR) is 62.1 cm³/mol. The molecule has 1 N–H and O–H groups in total. The van der Waals surface area contributed by atoms with Crippen LogP contribution in [-0.2, 0) is 17.5 Å². The SMILES string of the molecule is O=C1COc2cc(-c3noc(C(F)(F)F)n3)ccc2CN1. The maximum atomic E-state index is 12.4. The van der Waals surface area contributed by atoms with Crippen LogP contribution in [0.25, 0.3) is 11.4 Å². The van der Waals surface area contributed by atoms with Crippen LogP contribution in [0, 0.1) is 0 Å². The van der Waals surface area contributed by atoms with Crippen LogP contribution in [0.15, 0.2) is 22.7 Å². The minimum Gasteiger partial charge on any atom is -0.483 e. The third-order valence-corrected chi connectivity index (χ3v) is 2.83. The van der Waals surface area contributed by atoms with Crippen molar-refractivity contribution in [1.82, 2.24) is 15.5 Å². The van der Waals surface area contributed by atoms with Gasteiger partial charge in [-0.05, 0) is 6.07 Å². The standard InChI is InChI=1S/C12H8F3N3O3/c13-12(14,15)11-17-10(18-21-11)6-1-2-7-4-16-9(19)5-20-8(7)3-6/h1-3H,4-5H2,(H,16,19). The first kappa shape index (κ1) is 13.4. The normalized spacial score (nSPS) is 14.9. The number of alkyl halides is 3. The quantitative estimate of drug-likeness (QED) is 0.868. The van der Waals surface area contributed by atoms with E-state index in [4.69, 9.17) is 4.74 Å². The van der Waals surface area contributed by atoms with Crippen molar-refractivity contribution in [3.05, 3.63) is 29.7 Å². The van der Waals surface area contributed by atoms with Gasteiger partial charge < -0.3 is 14.6 Å². The number of carbonyl (C=O) groups is 1. The topological polar surface area (TPSA) is 77.2 Å². The zero-order valence-electron chi connectivity index (χ0n) is 10.4. The molecule has 21 heavy (non-hydrogen) atoms. The van der Waals surface area contributed by atoms with Gasteiger partial charge >= 0.3 is 12.1 Å². The van der Waals surface area contributed by atoms with Gasteiger partial charge in [0.1, 0.15) is 5.75 Å². The Kier molecular flexibility index (Phi) is 3.04. The summed E-state index contributed by atoms with van der Waals surface area (Å²) in [5.74, 6) is -1.49. The Balaban J connectivity index is 1.94. The molecule has 3 rings (SSSR count). The summed E-state index contributed by atoms with van der Waals surface area (Å²) >= 11 is 0. The van der Waals surface area contributed by atoms with Crippen LogP contribution in [0.5, 0.6) is 5.75 Å². The lowest BCUT2D eigenvalue weighted by molar-refractivity contribution is -0.159. The molecular formula is C12H8F3N3O3. The molecule has 0 bridgehead atoms. The summed E-state index contributed by atoms with van der Waals surface area (Å²) in [6.45, 7) is 0.130. The van der Waals surface area contributed by atoms with Crippen LogP contribution in [-0.4, -0.2) is 22.7 Å². The molecule has 1 aliphatic rings. The van der Waals surface area contributed by atoms with E-state index in [-0.39, 0.29) is 24.9 Å². The summed E-state index contributed by atoms with van der Waals surface area (Å²) in [5, 5.41) is 5.92. The fraction of sp³-hybridized carbons (Fsp3) is 0.250. The molecule has 0 radical (unpaired) electrons. The highest BCUT2D eigenvalue weighted by Crippen LogP contribution is 2.31. The average molecular weight is 299 g/mol. The first-order valence-corrected chi connectivity index (χ1v) is 5.87. The van der Waals surface area contributed by atoms with E-state index in [1.54, 1.807) is 6.07 Å². The second-order valence-electron chi connectivity index (χ2n) is 4.31. The fourth-order valence-electron chi connectivity index (χ4n) is 1.82. The molecule has 2 heterocycles. The van der Waals surface area contributed by atoms with Gasteiger partial charge in [-0.1, -0.05) is 17.3 Å². The zero-order chi connectivity index (χ0) is 15.0. The summed E-state index contributed by atoms with van der Waals surface area (Å²) < 4.78 is 46.7. The van der Waals surface area contributed by atoms with Crippen LogP contribution in [0.3, 0.4) is 0 Å². The number of carbonyl (C=O) groups excluding carboxylic acids is 1. The Hall–Kier alpha value is -2.58. The molecule has 0 atom stereocenters. The molecule has 110 valence electrons. The maximum Gasteiger partial charge on any atom is 0.471 e. The van der Waals surface area contributed by atoms with Gasteiger partial charge in [0.15, 0.2) is 6.61 Å². The molecule has 0 unspecified atom stereocenters. The van der Waals surface area contributed by atoms with Crippen LogP contribution in [0.4, 0.5) is 13.2 Å². The largest absolute Gasteiger partial charge is 0.483 e. The number of halogens is 3. The molecule has 1 aliphatic heterocycles. The third-order valence-electron chi connectivity index (χ3n) is 2.83. The number of benzene rings is 1. The molecule has 9 heteroatoms. The average Bonchev–Trinajstić information content (AvgIpc) is 2.86. The number of nitrogens with zero attached hydrogens (tertiary/aromatic N) is 2. The fourth-order valence-corrected chi connectivity index (χ4v) is 1.82. The van der Waals surface area contributed by atoms with Crippen molar-refractivity contribution >= 4 is 5.91 Å². The highest BCUT2D eigenvalue weighted by Gasteiger charge is 2.38. The van der Waals surface area contributed by atoms with E-state index in [0.717, 1.165) is 0 Å². The maximum absolute atomic E-state index is 12.4. The summed E-state index contributed by atoms with van der Waals surface area (Å²) in [4.78, 5) is 14.5. The van der Waals surface area contributed by atoms with Gasteiger partial charge in [-0.3, -0.25) is 4.79 Å². The Morgan fingerprint density at radius 1 is 1.29 bits per heavy atom. The molecule has 6 nitrogen and oxygen atoms in total. The molecule has 0 fully saturated rings. The number of aromatic nitrogens is 2. The second-order valence-corrected chi connectivity index (χ2v) is 4.31. The first-order valence-electron chi connectivity index (χ1n) is 5.87. The van der Waals surface area contributed by atoms with Crippen LogP contribution in [0.1, 0.15) is 11.5 Å². The molecule has 0 aliphatic carbocycles. The van der Waals surface area contributed by atoms with Crippen LogP contribution in [0.2, 0.25) is 0 Å². The number of rotatable bonds is 1. The van der Waals surface area contributed by atoms with Crippen molar-refractivity contribution in [2.24, 2.45) is 0 Å². The molecule has 0 spiro atoms. The number of amides is 1. The number of fused-ring (bicyclic) bond motifs is 1. The Morgan fingerprint density at radius 2 is 2.10 bits per heavy atom. The van der Waals surface area contributed by atoms with Gasteiger partial charge in [0.05, 0.1) is 0 Å². The van der Waals surface area contributed by atoms with E-state index in [2.05, 4.69) is 20.0 Å². The van der Waals surface area contributed by atoms with Gasteiger partial charge in [0.2, 0.25) is 5.82 Å². The van der Waals surface area contributed by atoms with Gasteiger partial charge in [-0.2, -0.15) is 18.2 Å². The Labute approximate surface area is 115 Å². The van der Waals surface area contributed by atoms with E-state index in [9.17, 15) is 18.0 Å². The van der Waals surface area contributed by atoms with Crippen LogP contribution < -0.4 is 10.1 Å². The van der Waals surface area contributed by atoms with Crippen molar-refractivity contribution < 1.29 is 27.2 Å².